The second-order valence-electron chi connectivity index (χ2n) is 6.92. The van der Waals surface area contributed by atoms with Gasteiger partial charge in [-0.05, 0) is 41.8 Å². The maximum Gasteiger partial charge on any atom is 0.253 e. The second kappa shape index (κ2) is 7.50. The van der Waals surface area contributed by atoms with Crippen molar-refractivity contribution in [1.29, 1.82) is 0 Å². The normalized spacial score (nSPS) is 19.5. The number of carbonyl (C=O) groups excluding carboxylic acids is 2. The van der Waals surface area contributed by atoms with Gasteiger partial charge in [0.05, 0.1) is 12.6 Å². The molecule has 2 aliphatic rings. The SMILES string of the molecule is CN(C(=O)[C@@H]1Cc2ccccc2CN1)c1ccc(N2CCOCC2=O)cc1. The molecule has 2 heterocycles. The topological polar surface area (TPSA) is 61.9 Å². The summed E-state index contributed by atoms with van der Waals surface area (Å²) in [4.78, 5) is 28.3. The fourth-order valence-electron chi connectivity index (χ4n) is 3.64. The zero-order valence-electron chi connectivity index (χ0n) is 15.4. The number of amides is 2. The average molecular weight is 365 g/mol. The molecule has 0 aromatic heterocycles. The zero-order chi connectivity index (χ0) is 18.8. The van der Waals surface area contributed by atoms with Gasteiger partial charge in [-0.1, -0.05) is 24.3 Å². The van der Waals surface area contributed by atoms with E-state index in [0.29, 0.717) is 26.1 Å². The number of nitrogens with one attached hydrogen (secondary N) is 1. The highest BCUT2D eigenvalue weighted by atomic mass is 16.5. The van der Waals surface area contributed by atoms with Crippen LogP contribution in [0.5, 0.6) is 0 Å². The molecule has 6 heteroatoms. The van der Waals surface area contributed by atoms with Crippen LogP contribution < -0.4 is 15.1 Å². The van der Waals surface area contributed by atoms with E-state index in [2.05, 4.69) is 17.4 Å². The Balaban J connectivity index is 1.45. The number of ether oxygens (including phenoxy) is 1. The molecule has 2 aromatic rings. The summed E-state index contributed by atoms with van der Waals surface area (Å²) >= 11 is 0. The van der Waals surface area contributed by atoms with Crippen LogP contribution in [-0.4, -0.2) is 44.7 Å². The van der Waals surface area contributed by atoms with E-state index in [-0.39, 0.29) is 24.5 Å². The summed E-state index contributed by atoms with van der Waals surface area (Å²) in [6.07, 6.45) is 0.694. The maximum atomic E-state index is 12.9. The molecular formula is C21H23N3O3. The van der Waals surface area contributed by atoms with E-state index in [1.165, 1.54) is 11.1 Å². The van der Waals surface area contributed by atoms with E-state index >= 15 is 0 Å². The zero-order valence-corrected chi connectivity index (χ0v) is 15.4. The van der Waals surface area contributed by atoms with E-state index in [0.717, 1.165) is 11.4 Å². The Bertz CT molecular complexity index is 850. The largest absolute Gasteiger partial charge is 0.370 e. The van der Waals surface area contributed by atoms with Crippen molar-refractivity contribution in [2.45, 2.75) is 19.0 Å². The molecule has 140 valence electrons. The highest BCUT2D eigenvalue weighted by Crippen LogP contribution is 2.23. The Morgan fingerprint density at radius 1 is 1.15 bits per heavy atom. The summed E-state index contributed by atoms with van der Waals surface area (Å²) in [7, 11) is 1.79. The average Bonchev–Trinajstić information content (AvgIpc) is 2.73. The van der Waals surface area contributed by atoms with Gasteiger partial charge in [0.2, 0.25) is 5.91 Å². The lowest BCUT2D eigenvalue weighted by atomic mass is 9.95. The van der Waals surface area contributed by atoms with E-state index in [4.69, 9.17) is 4.74 Å². The molecule has 2 aliphatic heterocycles. The van der Waals surface area contributed by atoms with Gasteiger partial charge >= 0.3 is 0 Å². The number of rotatable bonds is 3. The minimum Gasteiger partial charge on any atom is -0.370 e. The Labute approximate surface area is 158 Å². The third-order valence-electron chi connectivity index (χ3n) is 5.24. The van der Waals surface area contributed by atoms with Crippen molar-refractivity contribution in [2.24, 2.45) is 0 Å². The number of benzene rings is 2. The first-order valence-electron chi connectivity index (χ1n) is 9.19. The van der Waals surface area contributed by atoms with Crippen LogP contribution >= 0.6 is 0 Å². The van der Waals surface area contributed by atoms with E-state index in [1.54, 1.807) is 16.8 Å². The van der Waals surface area contributed by atoms with Crippen LogP contribution in [-0.2, 0) is 27.3 Å². The van der Waals surface area contributed by atoms with Crippen LogP contribution in [0.3, 0.4) is 0 Å². The van der Waals surface area contributed by atoms with Crippen molar-refractivity contribution in [3.8, 4) is 0 Å². The van der Waals surface area contributed by atoms with Crippen molar-refractivity contribution in [2.75, 3.05) is 36.6 Å². The lowest BCUT2D eigenvalue weighted by molar-refractivity contribution is -0.125. The molecule has 4 rings (SSSR count). The molecule has 1 fully saturated rings. The number of morpholine rings is 1. The van der Waals surface area contributed by atoms with Gasteiger partial charge in [0.15, 0.2) is 0 Å². The monoisotopic (exact) mass is 365 g/mol. The van der Waals surface area contributed by atoms with Crippen molar-refractivity contribution >= 4 is 23.2 Å². The molecule has 0 aliphatic carbocycles. The van der Waals surface area contributed by atoms with Gasteiger partial charge in [0.25, 0.3) is 5.91 Å². The van der Waals surface area contributed by atoms with Gasteiger partial charge in [-0.2, -0.15) is 0 Å². The number of fused-ring (bicyclic) bond motifs is 1. The predicted octanol–water partition coefficient (Wildman–Crippen LogP) is 1.73. The predicted molar refractivity (Wildman–Crippen MR) is 104 cm³/mol. The fourth-order valence-corrected chi connectivity index (χ4v) is 3.64. The van der Waals surface area contributed by atoms with Gasteiger partial charge in [0, 0.05) is 31.5 Å². The molecular weight excluding hydrogens is 342 g/mol. The molecule has 27 heavy (non-hydrogen) atoms. The maximum absolute atomic E-state index is 12.9. The standard InChI is InChI=1S/C21H23N3O3/c1-23(21(26)19-12-15-4-2-3-5-16(15)13-22-19)17-6-8-18(9-7-17)24-10-11-27-14-20(24)25/h2-9,19,22H,10-14H2,1H3/t19-/m0/s1. The number of carbonyl (C=O) groups is 2. The van der Waals surface area contributed by atoms with Gasteiger partial charge in [-0.25, -0.2) is 0 Å². The quantitative estimate of drug-likeness (QED) is 0.900. The first kappa shape index (κ1) is 17.7. The van der Waals surface area contributed by atoms with Crippen LogP contribution in [0.25, 0.3) is 0 Å². The van der Waals surface area contributed by atoms with Gasteiger partial charge in [0.1, 0.15) is 6.61 Å². The third kappa shape index (κ3) is 3.59. The molecule has 6 nitrogen and oxygen atoms in total. The summed E-state index contributed by atoms with van der Waals surface area (Å²) in [6.45, 7) is 1.92. The summed E-state index contributed by atoms with van der Waals surface area (Å²) in [6, 6.07) is 15.5. The van der Waals surface area contributed by atoms with Crippen LogP contribution in [0.2, 0.25) is 0 Å². The third-order valence-corrected chi connectivity index (χ3v) is 5.24. The molecule has 0 unspecified atom stereocenters. The molecule has 0 bridgehead atoms. The van der Waals surface area contributed by atoms with Crippen molar-refractivity contribution in [1.82, 2.24) is 5.32 Å². The van der Waals surface area contributed by atoms with Gasteiger partial charge in [-0.3, -0.25) is 9.59 Å². The highest BCUT2D eigenvalue weighted by Gasteiger charge is 2.27. The lowest BCUT2D eigenvalue weighted by Crippen LogP contribution is -2.48. The minimum absolute atomic E-state index is 0.0384. The second-order valence-corrected chi connectivity index (χ2v) is 6.92. The Morgan fingerprint density at radius 2 is 1.89 bits per heavy atom. The molecule has 0 spiro atoms. The molecule has 1 atom stereocenters. The number of hydrogen-bond acceptors (Lipinski definition) is 4. The van der Waals surface area contributed by atoms with E-state index < -0.39 is 0 Å². The Hall–Kier alpha value is -2.70. The van der Waals surface area contributed by atoms with Crippen LogP contribution in [0.4, 0.5) is 11.4 Å². The minimum atomic E-state index is -0.231. The molecule has 1 saturated heterocycles. The van der Waals surface area contributed by atoms with Crippen molar-refractivity contribution in [3.05, 3.63) is 59.7 Å². The lowest BCUT2D eigenvalue weighted by Gasteiger charge is -2.30. The summed E-state index contributed by atoms with van der Waals surface area (Å²) in [5.41, 5.74) is 4.12. The Morgan fingerprint density at radius 3 is 2.63 bits per heavy atom. The van der Waals surface area contributed by atoms with Crippen LogP contribution in [0.15, 0.2) is 48.5 Å². The van der Waals surface area contributed by atoms with E-state index in [1.807, 2.05) is 36.4 Å². The summed E-state index contributed by atoms with van der Waals surface area (Å²) in [5, 5.41) is 3.34. The number of nitrogens with zero attached hydrogens (tertiary/aromatic N) is 2. The molecule has 0 radical (unpaired) electrons. The molecule has 2 aromatic carbocycles. The Kier molecular flexibility index (Phi) is 4.92. The summed E-state index contributed by atoms with van der Waals surface area (Å²) < 4.78 is 5.17. The molecule has 2 amide bonds. The molecule has 0 saturated carbocycles. The number of hydrogen-bond donors (Lipinski definition) is 1. The first-order valence-corrected chi connectivity index (χ1v) is 9.19. The first-order chi connectivity index (χ1) is 13.1. The fraction of sp³-hybridized carbons (Fsp3) is 0.333. The smallest absolute Gasteiger partial charge is 0.253 e. The van der Waals surface area contributed by atoms with Gasteiger partial charge in [-0.15, -0.1) is 0 Å². The summed E-state index contributed by atoms with van der Waals surface area (Å²) in [5.74, 6) is 0.00297. The number of likely N-dealkylation sites (N-methyl/N-ethyl adjacent to an activating group) is 1. The van der Waals surface area contributed by atoms with Crippen LogP contribution in [0.1, 0.15) is 11.1 Å². The molecule has 1 N–H and O–H groups in total. The highest BCUT2D eigenvalue weighted by molar-refractivity contribution is 5.98. The van der Waals surface area contributed by atoms with Gasteiger partial charge < -0.3 is 19.9 Å². The van der Waals surface area contributed by atoms with Crippen molar-refractivity contribution in [3.63, 3.8) is 0 Å². The van der Waals surface area contributed by atoms with E-state index in [9.17, 15) is 9.59 Å². The number of anilines is 2. The van der Waals surface area contributed by atoms with Crippen LogP contribution in [0, 0.1) is 0 Å². The van der Waals surface area contributed by atoms with Crippen molar-refractivity contribution < 1.29 is 14.3 Å².